The van der Waals surface area contributed by atoms with Gasteiger partial charge < -0.3 is 13.9 Å². The summed E-state index contributed by atoms with van der Waals surface area (Å²) in [5.41, 5.74) is 0.552. The molecule has 2 heterocycles. The molecule has 0 saturated carbocycles. The summed E-state index contributed by atoms with van der Waals surface area (Å²) in [5.74, 6) is 1.59. The lowest BCUT2D eigenvalue weighted by molar-refractivity contribution is 0.193. The maximum absolute atomic E-state index is 9.36. The number of oxazole rings is 1. The van der Waals surface area contributed by atoms with Crippen molar-refractivity contribution in [2.75, 3.05) is 0 Å². The van der Waals surface area contributed by atoms with Crippen molar-refractivity contribution in [2.24, 2.45) is 0 Å². The minimum absolute atomic E-state index is 0.406. The molecule has 0 spiro atoms. The lowest BCUT2D eigenvalue weighted by Gasteiger charge is -1.96. The van der Waals surface area contributed by atoms with Crippen molar-refractivity contribution in [3.63, 3.8) is 0 Å². The monoisotopic (exact) mass is 193 g/mol. The van der Waals surface area contributed by atoms with Crippen LogP contribution in [-0.4, -0.2) is 10.1 Å². The summed E-state index contributed by atoms with van der Waals surface area (Å²) in [5, 5.41) is 9.36. The summed E-state index contributed by atoms with van der Waals surface area (Å²) in [6.45, 7) is 3.41. The maximum Gasteiger partial charge on any atom is 0.263 e. The molecule has 14 heavy (non-hydrogen) atoms. The number of aryl methyl sites for hydroxylation is 1. The highest BCUT2D eigenvalue weighted by Crippen LogP contribution is 2.24. The van der Waals surface area contributed by atoms with E-state index in [0.717, 1.165) is 0 Å². The van der Waals surface area contributed by atoms with Crippen LogP contribution in [0.3, 0.4) is 0 Å². The number of hydrogen-bond donors (Lipinski definition) is 1. The Labute approximate surface area is 81.2 Å². The highest BCUT2D eigenvalue weighted by atomic mass is 16.4. The van der Waals surface area contributed by atoms with Crippen LogP contribution >= 0.6 is 0 Å². The van der Waals surface area contributed by atoms with E-state index in [1.54, 1.807) is 32.2 Å². The van der Waals surface area contributed by atoms with Crippen molar-refractivity contribution in [2.45, 2.75) is 20.0 Å². The number of aromatic nitrogens is 1. The number of hydrogen-bond acceptors (Lipinski definition) is 4. The zero-order valence-corrected chi connectivity index (χ0v) is 8.02. The molecule has 0 fully saturated rings. The minimum atomic E-state index is -0.623. The van der Waals surface area contributed by atoms with E-state index in [1.165, 1.54) is 0 Å². The number of rotatable bonds is 2. The molecule has 0 aliphatic heterocycles. The highest BCUT2D eigenvalue weighted by molar-refractivity contribution is 5.44. The summed E-state index contributed by atoms with van der Waals surface area (Å²) >= 11 is 0. The first-order chi connectivity index (χ1) is 6.68. The fraction of sp³-hybridized carbons (Fsp3) is 0.300. The molecule has 1 atom stereocenters. The molecule has 74 valence electrons. The second-order valence-corrected chi connectivity index (χ2v) is 3.11. The van der Waals surface area contributed by atoms with Crippen molar-refractivity contribution in [3.05, 3.63) is 29.9 Å². The van der Waals surface area contributed by atoms with Gasteiger partial charge in [0.25, 0.3) is 5.89 Å². The van der Waals surface area contributed by atoms with Crippen LogP contribution in [0.25, 0.3) is 11.7 Å². The van der Waals surface area contributed by atoms with Gasteiger partial charge in [0.2, 0.25) is 0 Å². The molecule has 0 amide bonds. The molecule has 0 radical (unpaired) electrons. The van der Waals surface area contributed by atoms with E-state index in [4.69, 9.17) is 8.83 Å². The van der Waals surface area contributed by atoms with Crippen LogP contribution in [-0.2, 0) is 0 Å². The zero-order chi connectivity index (χ0) is 10.1. The van der Waals surface area contributed by atoms with Gasteiger partial charge in [-0.2, -0.15) is 0 Å². The third kappa shape index (κ3) is 1.44. The largest absolute Gasteiger partial charge is 0.459 e. The van der Waals surface area contributed by atoms with E-state index in [2.05, 4.69) is 4.98 Å². The molecule has 0 aromatic carbocycles. The van der Waals surface area contributed by atoms with Crippen LogP contribution in [0.5, 0.6) is 0 Å². The fourth-order valence-corrected chi connectivity index (χ4v) is 1.30. The quantitative estimate of drug-likeness (QED) is 0.794. The predicted octanol–water partition coefficient (Wildman–Crippen LogP) is 2.30. The summed E-state index contributed by atoms with van der Waals surface area (Å²) in [6.07, 6.45) is 0.930. The Morgan fingerprint density at radius 2 is 2.29 bits per heavy atom. The Morgan fingerprint density at radius 1 is 1.50 bits per heavy atom. The Bertz CT molecular complexity index is 415. The summed E-state index contributed by atoms with van der Waals surface area (Å²) in [6, 6.07) is 3.52. The van der Waals surface area contributed by atoms with E-state index in [0.29, 0.717) is 23.1 Å². The van der Waals surface area contributed by atoms with Gasteiger partial charge in [0.15, 0.2) is 5.76 Å². The third-order valence-electron chi connectivity index (χ3n) is 1.96. The van der Waals surface area contributed by atoms with Crippen LogP contribution in [0.4, 0.5) is 0 Å². The first kappa shape index (κ1) is 9.02. The van der Waals surface area contributed by atoms with Crippen LogP contribution in [0, 0.1) is 6.92 Å². The first-order valence-corrected chi connectivity index (χ1v) is 4.37. The lowest BCUT2D eigenvalue weighted by Crippen LogP contribution is -1.93. The van der Waals surface area contributed by atoms with Gasteiger partial charge in [-0.3, -0.25) is 0 Å². The normalized spacial score (nSPS) is 13.1. The zero-order valence-electron chi connectivity index (χ0n) is 8.02. The Balaban J connectivity index is 2.43. The van der Waals surface area contributed by atoms with Gasteiger partial charge in [0, 0.05) is 0 Å². The Hall–Kier alpha value is -1.55. The highest BCUT2D eigenvalue weighted by Gasteiger charge is 2.16. The molecule has 1 N–H and O–H groups in total. The molecule has 2 aromatic heterocycles. The van der Waals surface area contributed by atoms with E-state index in [-0.39, 0.29) is 0 Å². The van der Waals surface area contributed by atoms with Gasteiger partial charge >= 0.3 is 0 Å². The van der Waals surface area contributed by atoms with Crippen molar-refractivity contribution >= 4 is 0 Å². The molecule has 4 heteroatoms. The van der Waals surface area contributed by atoms with Crippen LogP contribution in [0.2, 0.25) is 0 Å². The van der Waals surface area contributed by atoms with Gasteiger partial charge in [-0.05, 0) is 26.0 Å². The van der Waals surface area contributed by atoms with Crippen LogP contribution in [0.1, 0.15) is 24.5 Å². The number of aliphatic hydroxyl groups excluding tert-OH is 1. The molecule has 1 unspecified atom stereocenters. The van der Waals surface area contributed by atoms with Gasteiger partial charge in [0.1, 0.15) is 11.5 Å². The van der Waals surface area contributed by atoms with Gasteiger partial charge in [-0.25, -0.2) is 4.98 Å². The molecule has 2 rings (SSSR count). The Kier molecular flexibility index (Phi) is 2.13. The summed E-state index contributed by atoms with van der Waals surface area (Å²) in [7, 11) is 0. The molecule has 0 bridgehead atoms. The topological polar surface area (TPSA) is 59.4 Å². The number of nitrogens with zero attached hydrogens (tertiary/aromatic N) is 1. The lowest BCUT2D eigenvalue weighted by atomic mass is 10.2. The molecular formula is C10H11NO3. The van der Waals surface area contributed by atoms with Gasteiger partial charge in [-0.1, -0.05) is 0 Å². The average molecular weight is 193 g/mol. The van der Waals surface area contributed by atoms with Crippen molar-refractivity contribution in [3.8, 4) is 11.7 Å². The summed E-state index contributed by atoms with van der Waals surface area (Å²) < 4.78 is 10.5. The first-order valence-electron chi connectivity index (χ1n) is 4.37. The average Bonchev–Trinajstić information content (AvgIpc) is 2.70. The molecular weight excluding hydrogens is 182 g/mol. The fourth-order valence-electron chi connectivity index (χ4n) is 1.30. The molecule has 2 aromatic rings. The second kappa shape index (κ2) is 3.31. The standard InChI is InChI=1S/C10H11NO3/c1-6(12)9-7(2)14-10(11-9)8-4-3-5-13-8/h3-6,12H,1-2H3. The van der Waals surface area contributed by atoms with Crippen molar-refractivity contribution < 1.29 is 13.9 Å². The van der Waals surface area contributed by atoms with E-state index in [9.17, 15) is 5.11 Å². The third-order valence-corrected chi connectivity index (χ3v) is 1.96. The smallest absolute Gasteiger partial charge is 0.263 e. The van der Waals surface area contributed by atoms with Crippen molar-refractivity contribution in [1.29, 1.82) is 0 Å². The second-order valence-electron chi connectivity index (χ2n) is 3.11. The van der Waals surface area contributed by atoms with Gasteiger partial charge in [-0.15, -0.1) is 0 Å². The van der Waals surface area contributed by atoms with E-state index in [1.807, 2.05) is 0 Å². The van der Waals surface area contributed by atoms with Crippen LogP contribution in [0.15, 0.2) is 27.2 Å². The van der Waals surface area contributed by atoms with Crippen molar-refractivity contribution in [1.82, 2.24) is 4.98 Å². The summed E-state index contributed by atoms with van der Waals surface area (Å²) in [4.78, 5) is 4.14. The SMILES string of the molecule is Cc1oc(-c2ccco2)nc1C(C)O. The molecule has 0 saturated heterocycles. The van der Waals surface area contributed by atoms with E-state index >= 15 is 0 Å². The van der Waals surface area contributed by atoms with E-state index < -0.39 is 6.10 Å². The van der Waals surface area contributed by atoms with Gasteiger partial charge in [0.05, 0.1) is 12.4 Å². The van der Waals surface area contributed by atoms with Crippen LogP contribution < -0.4 is 0 Å². The molecule has 4 nitrogen and oxygen atoms in total. The predicted molar refractivity (Wildman–Crippen MR) is 49.6 cm³/mol. The maximum atomic E-state index is 9.36. The minimum Gasteiger partial charge on any atom is -0.459 e. The molecule has 0 aliphatic rings. The number of aliphatic hydroxyl groups is 1. The molecule has 0 aliphatic carbocycles. The number of furan rings is 1. The Morgan fingerprint density at radius 3 is 2.79 bits per heavy atom.